The molecular formula is C28H30N6O4. The van der Waals surface area contributed by atoms with E-state index in [2.05, 4.69) is 20.7 Å². The standard InChI is InChI=1S/C28H30N6O4/c1-18-6-5-9-22(16-18)34(25(36)17-33-31-27(30-32-33)24-15-10-19(2)38-24)26(20-11-13-23(35)14-12-20)28(37)29-21-7-3-4-8-21/h5-6,9-16,21,26,35H,3-4,7-8,17H2,1-2H3,(H,29,37)/t26-/m1/s1. The van der Waals surface area contributed by atoms with Crippen molar-refractivity contribution < 1.29 is 19.1 Å². The first-order chi connectivity index (χ1) is 18.4. The van der Waals surface area contributed by atoms with E-state index < -0.39 is 11.9 Å². The van der Waals surface area contributed by atoms with Gasteiger partial charge in [0.15, 0.2) is 5.76 Å². The number of aromatic nitrogens is 4. The molecule has 1 aliphatic carbocycles. The zero-order valence-corrected chi connectivity index (χ0v) is 21.4. The molecule has 1 aliphatic rings. The van der Waals surface area contributed by atoms with E-state index in [1.807, 2.05) is 32.0 Å². The summed E-state index contributed by atoms with van der Waals surface area (Å²) in [5.41, 5.74) is 2.08. The van der Waals surface area contributed by atoms with Crippen LogP contribution < -0.4 is 10.2 Å². The molecule has 0 saturated heterocycles. The second-order valence-corrected chi connectivity index (χ2v) is 9.64. The Morgan fingerprint density at radius 3 is 2.55 bits per heavy atom. The van der Waals surface area contributed by atoms with Crippen molar-refractivity contribution in [3.05, 3.63) is 77.6 Å². The number of amides is 2. The van der Waals surface area contributed by atoms with Crippen molar-refractivity contribution in [2.45, 2.75) is 58.2 Å². The molecule has 2 heterocycles. The molecule has 0 aliphatic heterocycles. The van der Waals surface area contributed by atoms with E-state index in [1.54, 1.807) is 30.3 Å². The van der Waals surface area contributed by atoms with Crippen molar-refractivity contribution in [1.82, 2.24) is 25.5 Å². The molecule has 10 nitrogen and oxygen atoms in total. The highest BCUT2D eigenvalue weighted by atomic mass is 16.3. The Kier molecular flexibility index (Phi) is 7.21. The number of aromatic hydroxyl groups is 1. The molecule has 10 heteroatoms. The number of anilines is 1. The molecule has 2 aromatic heterocycles. The molecule has 5 rings (SSSR count). The summed E-state index contributed by atoms with van der Waals surface area (Å²) >= 11 is 0. The van der Waals surface area contributed by atoms with E-state index in [9.17, 15) is 14.7 Å². The van der Waals surface area contributed by atoms with E-state index in [4.69, 9.17) is 4.42 Å². The molecule has 0 spiro atoms. The quantitative estimate of drug-likeness (QED) is 0.363. The van der Waals surface area contributed by atoms with Crippen LogP contribution in [0.4, 0.5) is 5.69 Å². The largest absolute Gasteiger partial charge is 0.508 e. The van der Waals surface area contributed by atoms with Crippen LogP contribution in [0.25, 0.3) is 11.6 Å². The second-order valence-electron chi connectivity index (χ2n) is 9.64. The number of nitrogens with one attached hydrogen (secondary N) is 1. The van der Waals surface area contributed by atoms with Crippen molar-refractivity contribution in [3.63, 3.8) is 0 Å². The van der Waals surface area contributed by atoms with Crippen molar-refractivity contribution >= 4 is 17.5 Å². The third-order valence-corrected chi connectivity index (χ3v) is 6.66. The maximum atomic E-state index is 13.9. The minimum atomic E-state index is -0.971. The molecule has 0 unspecified atom stereocenters. The minimum absolute atomic E-state index is 0.0628. The summed E-state index contributed by atoms with van der Waals surface area (Å²) in [6.07, 6.45) is 3.93. The van der Waals surface area contributed by atoms with Gasteiger partial charge in [-0.15, -0.1) is 10.2 Å². The Bertz CT molecular complexity index is 1420. The summed E-state index contributed by atoms with van der Waals surface area (Å²) in [5.74, 6) is 0.829. The number of benzene rings is 2. The van der Waals surface area contributed by atoms with Crippen LogP contribution in [0.3, 0.4) is 0 Å². The fraction of sp³-hybridized carbons (Fsp3) is 0.321. The first-order valence-corrected chi connectivity index (χ1v) is 12.7. The number of nitrogens with zero attached hydrogens (tertiary/aromatic N) is 5. The number of rotatable bonds is 8. The van der Waals surface area contributed by atoms with Gasteiger partial charge in [-0.1, -0.05) is 37.1 Å². The van der Waals surface area contributed by atoms with E-state index >= 15 is 0 Å². The maximum Gasteiger partial charge on any atom is 0.251 e. The molecule has 1 atom stereocenters. The molecule has 1 fully saturated rings. The van der Waals surface area contributed by atoms with Crippen LogP contribution >= 0.6 is 0 Å². The number of tetrazole rings is 1. The monoisotopic (exact) mass is 514 g/mol. The fourth-order valence-electron chi connectivity index (χ4n) is 4.80. The molecule has 38 heavy (non-hydrogen) atoms. The van der Waals surface area contributed by atoms with E-state index in [-0.39, 0.29) is 30.1 Å². The number of phenolic OH excluding ortho intramolecular Hbond substituents is 1. The molecule has 0 bridgehead atoms. The molecular weight excluding hydrogens is 484 g/mol. The Labute approximate surface area is 220 Å². The van der Waals surface area contributed by atoms with Crippen LogP contribution in [0.2, 0.25) is 0 Å². The van der Waals surface area contributed by atoms with Crippen molar-refractivity contribution in [2.24, 2.45) is 0 Å². The summed E-state index contributed by atoms with van der Waals surface area (Å²) in [6.45, 7) is 3.50. The summed E-state index contributed by atoms with van der Waals surface area (Å²) in [5, 5.41) is 25.4. The predicted molar refractivity (Wildman–Crippen MR) is 140 cm³/mol. The molecule has 2 N–H and O–H groups in total. The third kappa shape index (κ3) is 5.59. The van der Waals surface area contributed by atoms with Gasteiger partial charge in [0, 0.05) is 11.7 Å². The van der Waals surface area contributed by atoms with Gasteiger partial charge in [0.05, 0.1) is 0 Å². The summed E-state index contributed by atoms with van der Waals surface area (Å²) in [6, 6.07) is 16.4. The first kappa shape index (κ1) is 25.2. The van der Waals surface area contributed by atoms with Crippen LogP contribution in [-0.4, -0.2) is 43.2 Å². The van der Waals surface area contributed by atoms with Crippen molar-refractivity contribution in [3.8, 4) is 17.3 Å². The van der Waals surface area contributed by atoms with Crippen molar-refractivity contribution in [2.75, 3.05) is 4.90 Å². The Hall–Kier alpha value is -4.47. The van der Waals surface area contributed by atoms with E-state index in [1.165, 1.54) is 21.8 Å². The number of hydrogen-bond acceptors (Lipinski definition) is 7. The van der Waals surface area contributed by atoms with Gasteiger partial charge in [0.25, 0.3) is 5.91 Å². The lowest BCUT2D eigenvalue weighted by Crippen LogP contribution is -2.47. The van der Waals surface area contributed by atoms with E-state index in [0.29, 0.717) is 22.8 Å². The van der Waals surface area contributed by atoms with Gasteiger partial charge < -0.3 is 14.8 Å². The first-order valence-electron chi connectivity index (χ1n) is 12.7. The predicted octanol–water partition coefficient (Wildman–Crippen LogP) is 4.09. The highest BCUT2D eigenvalue weighted by molar-refractivity contribution is 6.01. The topological polar surface area (TPSA) is 126 Å². The van der Waals surface area contributed by atoms with Gasteiger partial charge in [-0.3, -0.25) is 14.5 Å². The average Bonchev–Trinajstić information content (AvgIpc) is 3.66. The summed E-state index contributed by atoms with van der Waals surface area (Å²) < 4.78 is 5.57. The molecule has 2 amide bonds. The number of furan rings is 1. The van der Waals surface area contributed by atoms with Crippen molar-refractivity contribution in [1.29, 1.82) is 0 Å². The lowest BCUT2D eigenvalue weighted by Gasteiger charge is -2.32. The lowest BCUT2D eigenvalue weighted by molar-refractivity contribution is -0.127. The highest BCUT2D eigenvalue weighted by Crippen LogP contribution is 2.31. The lowest BCUT2D eigenvalue weighted by atomic mass is 10.0. The van der Waals surface area contributed by atoms with Gasteiger partial charge in [0.2, 0.25) is 11.7 Å². The van der Waals surface area contributed by atoms with Crippen LogP contribution in [0.15, 0.2) is 65.1 Å². The number of carbonyl (C=O) groups excluding carboxylic acids is 2. The van der Waals surface area contributed by atoms with Crippen LogP contribution in [0.5, 0.6) is 5.75 Å². The Balaban J connectivity index is 1.51. The molecule has 4 aromatic rings. The molecule has 1 saturated carbocycles. The average molecular weight is 515 g/mol. The summed E-state index contributed by atoms with van der Waals surface area (Å²) in [7, 11) is 0. The minimum Gasteiger partial charge on any atom is -0.508 e. The van der Waals surface area contributed by atoms with Crippen LogP contribution in [0.1, 0.15) is 48.6 Å². The number of aryl methyl sites for hydroxylation is 2. The number of hydrogen-bond donors (Lipinski definition) is 2. The third-order valence-electron chi connectivity index (χ3n) is 6.66. The number of carbonyl (C=O) groups is 2. The van der Waals surface area contributed by atoms with Gasteiger partial charge >= 0.3 is 0 Å². The zero-order chi connectivity index (χ0) is 26.6. The fourth-order valence-corrected chi connectivity index (χ4v) is 4.80. The van der Waals surface area contributed by atoms with Gasteiger partial charge in [-0.05, 0) is 79.4 Å². The van der Waals surface area contributed by atoms with E-state index in [0.717, 1.165) is 31.2 Å². The number of phenols is 1. The molecule has 0 radical (unpaired) electrons. The van der Waals surface area contributed by atoms with Gasteiger partial charge in [-0.2, -0.15) is 4.80 Å². The zero-order valence-electron chi connectivity index (χ0n) is 21.4. The SMILES string of the molecule is Cc1cccc(N(C(=O)Cn2nnc(-c3ccc(C)o3)n2)[C@@H](C(=O)NC2CCCC2)c2ccc(O)cc2)c1. The van der Waals surface area contributed by atoms with Crippen LogP contribution in [-0.2, 0) is 16.1 Å². The maximum absolute atomic E-state index is 13.9. The second kappa shape index (κ2) is 10.9. The Morgan fingerprint density at radius 2 is 1.87 bits per heavy atom. The normalized spacial score (nSPS) is 14.4. The molecule has 2 aromatic carbocycles. The Morgan fingerprint density at radius 1 is 1.11 bits per heavy atom. The summed E-state index contributed by atoms with van der Waals surface area (Å²) in [4.78, 5) is 30.4. The van der Waals surface area contributed by atoms with Gasteiger partial charge in [0.1, 0.15) is 24.1 Å². The molecule has 196 valence electrons. The van der Waals surface area contributed by atoms with Crippen LogP contribution in [0, 0.1) is 13.8 Å². The highest BCUT2D eigenvalue weighted by Gasteiger charge is 2.35. The van der Waals surface area contributed by atoms with Gasteiger partial charge in [-0.25, -0.2) is 0 Å². The smallest absolute Gasteiger partial charge is 0.251 e.